The van der Waals surface area contributed by atoms with Crippen LogP contribution in [0.25, 0.3) is 42.9 Å². The average molecular weight is 643 g/mol. The fourth-order valence-electron chi connectivity index (χ4n) is 4.79. The van der Waals surface area contributed by atoms with E-state index in [1.807, 2.05) is 24.3 Å². The van der Waals surface area contributed by atoms with E-state index in [0.29, 0.717) is 44.3 Å². The van der Waals surface area contributed by atoms with E-state index in [9.17, 15) is 17.8 Å². The minimum Gasteiger partial charge on any atom is -0.744 e. The Morgan fingerprint density at radius 1 is 0.932 bits per heavy atom. The molecule has 0 fully saturated rings. The summed E-state index contributed by atoms with van der Waals surface area (Å²) in [6.07, 6.45) is 0. The molecule has 0 aliphatic heterocycles. The molecule has 0 spiro atoms. The Balaban J connectivity index is 0.00000221. The van der Waals surface area contributed by atoms with Gasteiger partial charge in [-0.1, -0.05) is 0 Å². The monoisotopic (exact) mass is 642 g/mol. The maximum absolute atomic E-state index is 13.0. The molecule has 0 N–H and O–H groups in total. The largest absolute Gasteiger partial charge is 1.00 e. The average Bonchev–Trinajstić information content (AvgIpc) is 3.41. The van der Waals surface area contributed by atoms with Gasteiger partial charge in [0.25, 0.3) is 0 Å². The van der Waals surface area contributed by atoms with Crippen LogP contribution in [0.4, 0.5) is 5.69 Å². The van der Waals surface area contributed by atoms with Crippen molar-refractivity contribution >= 4 is 48.3 Å². The van der Waals surface area contributed by atoms with Crippen molar-refractivity contribution in [2.75, 3.05) is 18.0 Å². The number of nitrogens with zero attached hydrogens (tertiary/aromatic N) is 2. The summed E-state index contributed by atoms with van der Waals surface area (Å²) in [5.74, 6) is 0.818. The minimum atomic E-state index is -4.66. The van der Waals surface area contributed by atoms with E-state index in [2.05, 4.69) is 24.8 Å². The predicted octanol–water partition coefficient (Wildman–Crippen LogP) is 1.09. The first-order valence-corrected chi connectivity index (χ1v) is 15.4. The molecule has 0 radical (unpaired) electrons. The molecule has 0 aliphatic carbocycles. The molecule has 212 valence electrons. The molecule has 12 heteroatoms. The van der Waals surface area contributed by atoms with Gasteiger partial charge in [0.2, 0.25) is 0 Å². The summed E-state index contributed by atoms with van der Waals surface area (Å²) in [4.78, 5) is 19.5. The first kappa shape index (κ1) is 34.4. The molecular formula is C32H24N2Na2O6S2. The van der Waals surface area contributed by atoms with Crippen molar-refractivity contribution in [2.45, 2.75) is 18.7 Å². The Kier molecular flexibility index (Phi) is 11.2. The van der Waals surface area contributed by atoms with Gasteiger partial charge in [-0.25, -0.2) is 18.2 Å². The Morgan fingerprint density at radius 3 is 2.39 bits per heavy atom. The Labute approximate surface area is 303 Å². The third kappa shape index (κ3) is 7.14. The molecule has 0 aliphatic rings. The quantitative estimate of drug-likeness (QED) is 0.105. The minimum absolute atomic E-state index is 0. The van der Waals surface area contributed by atoms with Crippen LogP contribution in [0.15, 0.2) is 99.0 Å². The SMILES string of the molecule is CCN(CC)c1ccc2cc(-c3nc4cc(Oc5ccc(S(=O)(=O)[O-])cc5-c5cc[c-]cc5)ccc4s3)c(=O)oc2c1.[Na+].[Na+]. The fraction of sp³-hybridized carbons (Fsp3) is 0.125. The smallest absolute Gasteiger partial charge is 0.744 e. The Hall–Kier alpha value is -2.51. The van der Waals surface area contributed by atoms with Gasteiger partial charge in [0, 0.05) is 41.9 Å². The number of fused-ring (bicyclic) bond motifs is 2. The summed E-state index contributed by atoms with van der Waals surface area (Å²) in [7, 11) is -4.66. The normalized spacial score (nSPS) is 11.2. The van der Waals surface area contributed by atoms with E-state index in [4.69, 9.17) is 14.1 Å². The van der Waals surface area contributed by atoms with E-state index in [-0.39, 0.29) is 64.0 Å². The van der Waals surface area contributed by atoms with Crippen LogP contribution in [0.2, 0.25) is 0 Å². The van der Waals surface area contributed by atoms with Crippen LogP contribution in [0.5, 0.6) is 11.5 Å². The molecule has 6 aromatic rings. The van der Waals surface area contributed by atoms with E-state index < -0.39 is 15.7 Å². The second-order valence-corrected chi connectivity index (χ2v) is 11.9. The number of anilines is 1. The third-order valence-electron chi connectivity index (χ3n) is 6.93. The standard InChI is InChI=1S/C32H25N2O6S2.2Na/c1-3-34(4-2)22-11-10-21-16-26(32(35)40-29(21)17-22)31-33-27-18-23(12-15-30(27)41-31)39-28-14-13-24(42(36,37)38)19-25(28)20-8-6-5-7-9-20;;/h6-19H,3-4H2,1-2H3,(H,36,37,38);;/q-1;2*+1/p-1. The second kappa shape index (κ2) is 14.3. The number of aromatic nitrogens is 1. The number of thiazole rings is 1. The third-order valence-corrected chi connectivity index (χ3v) is 8.84. The Morgan fingerprint density at radius 2 is 1.68 bits per heavy atom. The second-order valence-electron chi connectivity index (χ2n) is 9.49. The number of hydrogen-bond donors (Lipinski definition) is 0. The van der Waals surface area contributed by atoms with E-state index in [1.54, 1.807) is 42.5 Å². The molecule has 0 saturated heterocycles. The van der Waals surface area contributed by atoms with Gasteiger partial charge in [-0.05, 0) is 62.4 Å². The summed E-state index contributed by atoms with van der Waals surface area (Å²) in [5, 5.41) is 1.33. The zero-order valence-corrected chi connectivity index (χ0v) is 30.3. The zero-order chi connectivity index (χ0) is 29.4. The fourth-order valence-corrected chi connectivity index (χ4v) is 6.24. The summed E-state index contributed by atoms with van der Waals surface area (Å²) in [5.41, 5.74) is 3.16. The topological polar surface area (TPSA) is 113 Å². The van der Waals surface area contributed by atoms with Gasteiger partial charge in [-0.3, -0.25) is 0 Å². The van der Waals surface area contributed by atoms with Gasteiger partial charge in [-0.2, -0.15) is 30.3 Å². The van der Waals surface area contributed by atoms with Crippen molar-refractivity contribution in [3.8, 4) is 33.2 Å². The van der Waals surface area contributed by atoms with Gasteiger partial charge < -0.3 is 18.6 Å². The summed E-state index contributed by atoms with van der Waals surface area (Å²) in [6, 6.07) is 26.8. The van der Waals surface area contributed by atoms with Crippen LogP contribution < -0.4 is 74.4 Å². The van der Waals surface area contributed by atoms with Gasteiger partial charge in [0.1, 0.15) is 32.2 Å². The molecule has 0 amide bonds. The van der Waals surface area contributed by atoms with Crippen molar-refractivity contribution in [3.63, 3.8) is 0 Å². The molecule has 0 saturated carbocycles. The molecule has 8 nitrogen and oxygen atoms in total. The number of hydrogen-bond acceptors (Lipinski definition) is 9. The first-order chi connectivity index (χ1) is 20.2. The van der Waals surface area contributed by atoms with E-state index >= 15 is 0 Å². The molecule has 0 atom stereocenters. The Bertz CT molecular complexity index is 2110. The molecular weight excluding hydrogens is 618 g/mol. The van der Waals surface area contributed by atoms with Crippen molar-refractivity contribution in [1.82, 2.24) is 4.98 Å². The maximum Gasteiger partial charge on any atom is 1.00 e. The molecule has 2 aromatic heterocycles. The predicted molar refractivity (Wildman–Crippen MR) is 163 cm³/mol. The van der Waals surface area contributed by atoms with Crippen LogP contribution in [-0.2, 0) is 10.1 Å². The summed E-state index contributed by atoms with van der Waals surface area (Å²) in [6.45, 7) is 5.85. The maximum atomic E-state index is 13.0. The van der Waals surface area contributed by atoms with Gasteiger partial charge in [0.15, 0.2) is 0 Å². The van der Waals surface area contributed by atoms with E-state index in [0.717, 1.165) is 28.9 Å². The molecule has 2 heterocycles. The van der Waals surface area contributed by atoms with E-state index in [1.165, 1.54) is 29.5 Å². The molecule has 44 heavy (non-hydrogen) atoms. The van der Waals surface area contributed by atoms with Crippen molar-refractivity contribution < 1.29 is 81.2 Å². The zero-order valence-electron chi connectivity index (χ0n) is 24.7. The van der Waals surface area contributed by atoms with Crippen LogP contribution in [0.1, 0.15) is 13.8 Å². The molecule has 6 rings (SSSR count). The van der Waals surface area contributed by atoms with Gasteiger partial charge in [-0.15, -0.1) is 16.9 Å². The molecule has 4 aromatic carbocycles. The summed E-state index contributed by atoms with van der Waals surface area (Å²) >= 11 is 1.37. The first-order valence-electron chi connectivity index (χ1n) is 13.2. The van der Waals surface area contributed by atoms with Crippen LogP contribution in [0, 0.1) is 6.07 Å². The van der Waals surface area contributed by atoms with Crippen molar-refractivity contribution in [2.24, 2.45) is 0 Å². The van der Waals surface area contributed by atoms with Gasteiger partial charge >= 0.3 is 64.7 Å². The summed E-state index contributed by atoms with van der Waals surface area (Å²) < 4.78 is 47.7. The van der Waals surface area contributed by atoms with Crippen LogP contribution >= 0.6 is 11.3 Å². The molecule has 0 bridgehead atoms. The van der Waals surface area contributed by atoms with Gasteiger partial charge in [0.05, 0.1) is 20.7 Å². The number of benzene rings is 4. The van der Waals surface area contributed by atoms with Crippen molar-refractivity contribution in [1.29, 1.82) is 0 Å². The number of rotatable bonds is 8. The molecule has 0 unspecified atom stereocenters. The number of ether oxygens (including phenoxy) is 1. The van der Waals surface area contributed by atoms with Crippen LogP contribution in [-0.4, -0.2) is 31.0 Å². The van der Waals surface area contributed by atoms with Crippen molar-refractivity contribution in [3.05, 3.63) is 101 Å². The van der Waals surface area contributed by atoms with Crippen LogP contribution in [0.3, 0.4) is 0 Å².